The van der Waals surface area contributed by atoms with Crippen LogP contribution in [0.4, 0.5) is 5.69 Å². The number of carbonyl (C=O) groups excluding carboxylic acids is 1. The molecule has 0 radical (unpaired) electrons. The van der Waals surface area contributed by atoms with Crippen molar-refractivity contribution in [2.75, 3.05) is 38.2 Å². The van der Waals surface area contributed by atoms with Gasteiger partial charge in [0, 0.05) is 66.4 Å². The van der Waals surface area contributed by atoms with Crippen LogP contribution in [0.2, 0.25) is 0 Å². The Balaban J connectivity index is 1.20. The van der Waals surface area contributed by atoms with E-state index in [2.05, 4.69) is 74.9 Å². The van der Waals surface area contributed by atoms with Gasteiger partial charge in [-0.15, -0.1) is 0 Å². The predicted octanol–water partition coefficient (Wildman–Crippen LogP) is 5.10. The molecule has 2 N–H and O–H groups in total. The number of nitriles is 1. The lowest BCUT2D eigenvalue weighted by Gasteiger charge is -2.63. The zero-order valence-corrected chi connectivity index (χ0v) is 26.8. The minimum Gasteiger partial charge on any atom is -0.495 e. The zero-order chi connectivity index (χ0) is 31.1. The summed E-state index contributed by atoms with van der Waals surface area (Å²) in [4.78, 5) is 18.5. The standard InChI is InChI=1S/C35H48N4O4/c1-22-20-39(21-23(2)30(22)38-16-14-27(40)15-17-38)26-11-8-24(9-12-26)31(41)37-32-34(3,4)33(35(32,5)6)43-28-13-10-25(19-36)29(18-28)42-7/h8-13,18,22-23,27,30,32-33,40H,14-17,20-21H2,1-7H3,(H,37,41)/t22-,23+,30?,32?,33?. The molecule has 0 spiro atoms. The highest BCUT2D eigenvalue weighted by Gasteiger charge is 2.64. The number of benzene rings is 2. The summed E-state index contributed by atoms with van der Waals surface area (Å²) in [6, 6.07) is 15.9. The van der Waals surface area contributed by atoms with Crippen molar-refractivity contribution in [3.8, 4) is 17.6 Å². The van der Waals surface area contributed by atoms with E-state index in [1.54, 1.807) is 25.3 Å². The molecule has 232 valence electrons. The molecule has 1 saturated carbocycles. The summed E-state index contributed by atoms with van der Waals surface area (Å²) < 4.78 is 11.8. The molecule has 2 aromatic rings. The van der Waals surface area contributed by atoms with Crippen LogP contribution >= 0.6 is 0 Å². The number of aliphatic hydroxyl groups excluding tert-OH is 1. The molecule has 1 amide bonds. The van der Waals surface area contributed by atoms with E-state index in [1.807, 2.05) is 12.1 Å². The van der Waals surface area contributed by atoms with Crippen molar-refractivity contribution in [1.29, 1.82) is 5.26 Å². The van der Waals surface area contributed by atoms with Gasteiger partial charge in [-0.2, -0.15) is 5.26 Å². The lowest BCUT2D eigenvalue weighted by atomic mass is 9.49. The van der Waals surface area contributed by atoms with Gasteiger partial charge in [0.05, 0.1) is 18.8 Å². The van der Waals surface area contributed by atoms with Crippen LogP contribution in [-0.2, 0) is 0 Å². The number of piperidine rings is 2. The van der Waals surface area contributed by atoms with Crippen LogP contribution in [0.5, 0.6) is 11.5 Å². The quantitative estimate of drug-likeness (QED) is 0.465. The molecule has 0 bridgehead atoms. The second-order valence-electron chi connectivity index (χ2n) is 14.2. The van der Waals surface area contributed by atoms with Crippen LogP contribution in [0.3, 0.4) is 0 Å². The Morgan fingerprint density at radius 1 is 1.00 bits per heavy atom. The van der Waals surface area contributed by atoms with Crippen LogP contribution in [-0.4, -0.2) is 73.5 Å². The van der Waals surface area contributed by atoms with Crippen molar-refractivity contribution in [3.63, 3.8) is 0 Å². The highest BCUT2D eigenvalue weighted by molar-refractivity contribution is 5.95. The average molecular weight is 589 g/mol. The van der Waals surface area contributed by atoms with Crippen molar-refractivity contribution in [3.05, 3.63) is 53.6 Å². The second kappa shape index (κ2) is 12.0. The Morgan fingerprint density at radius 2 is 1.60 bits per heavy atom. The molecule has 3 aliphatic rings. The van der Waals surface area contributed by atoms with E-state index in [0.717, 1.165) is 44.7 Å². The molecule has 2 heterocycles. The third kappa shape index (κ3) is 5.94. The fraction of sp³-hybridized carbons (Fsp3) is 0.600. The monoisotopic (exact) mass is 588 g/mol. The van der Waals surface area contributed by atoms with Gasteiger partial charge in [-0.3, -0.25) is 9.69 Å². The Bertz CT molecular complexity index is 1310. The van der Waals surface area contributed by atoms with Crippen LogP contribution in [0.25, 0.3) is 0 Å². The van der Waals surface area contributed by atoms with Gasteiger partial charge in [0.15, 0.2) is 0 Å². The zero-order valence-electron chi connectivity index (χ0n) is 26.8. The van der Waals surface area contributed by atoms with Crippen molar-refractivity contribution in [2.45, 2.75) is 78.7 Å². The lowest BCUT2D eigenvalue weighted by molar-refractivity contribution is -0.164. The first-order valence-corrected chi connectivity index (χ1v) is 15.7. The number of aliphatic hydroxyl groups is 1. The van der Waals surface area contributed by atoms with Crippen LogP contribution in [0.1, 0.15) is 70.3 Å². The van der Waals surface area contributed by atoms with Crippen LogP contribution in [0, 0.1) is 34.0 Å². The maximum Gasteiger partial charge on any atom is 0.251 e. The van der Waals surface area contributed by atoms with E-state index in [0.29, 0.717) is 40.5 Å². The van der Waals surface area contributed by atoms with Gasteiger partial charge in [-0.05, 0) is 61.1 Å². The number of nitrogens with zero attached hydrogens (tertiary/aromatic N) is 3. The van der Waals surface area contributed by atoms with E-state index in [9.17, 15) is 15.2 Å². The SMILES string of the molecule is COc1cc(OC2C(C)(C)C(NC(=O)c3ccc(N4C[C@@H](C)C(N5CCC(O)CC5)[C@@H](C)C4)cc3)C2(C)C)ccc1C#N. The number of ether oxygens (including phenoxy) is 2. The Kier molecular flexibility index (Phi) is 8.70. The summed E-state index contributed by atoms with van der Waals surface area (Å²) in [7, 11) is 1.54. The maximum absolute atomic E-state index is 13.4. The normalized spacial score (nSPS) is 28.8. The summed E-state index contributed by atoms with van der Waals surface area (Å²) >= 11 is 0. The molecule has 8 nitrogen and oxygen atoms in total. The van der Waals surface area contributed by atoms with Gasteiger partial charge >= 0.3 is 0 Å². The first kappa shape index (κ1) is 31.2. The van der Waals surface area contributed by atoms with E-state index in [-0.39, 0.29) is 35.0 Å². The number of hydrogen-bond acceptors (Lipinski definition) is 7. The molecule has 8 heteroatoms. The molecule has 5 rings (SSSR count). The molecule has 2 aliphatic heterocycles. The van der Waals surface area contributed by atoms with Crippen molar-refractivity contribution in [1.82, 2.24) is 10.2 Å². The van der Waals surface area contributed by atoms with Gasteiger partial charge in [-0.25, -0.2) is 0 Å². The van der Waals surface area contributed by atoms with E-state index in [4.69, 9.17) is 9.47 Å². The van der Waals surface area contributed by atoms with E-state index >= 15 is 0 Å². The highest BCUT2D eigenvalue weighted by Crippen LogP contribution is 2.55. The molecular formula is C35H48N4O4. The molecule has 1 unspecified atom stereocenters. The molecule has 2 aromatic carbocycles. The Morgan fingerprint density at radius 3 is 2.16 bits per heavy atom. The number of anilines is 1. The minimum atomic E-state index is -0.316. The fourth-order valence-corrected chi connectivity index (χ4v) is 8.47. The number of rotatable bonds is 7. The predicted molar refractivity (Wildman–Crippen MR) is 169 cm³/mol. The molecular weight excluding hydrogens is 540 g/mol. The number of nitrogens with one attached hydrogen (secondary N) is 1. The van der Waals surface area contributed by atoms with Crippen molar-refractivity contribution < 1.29 is 19.4 Å². The minimum absolute atomic E-state index is 0.0797. The highest BCUT2D eigenvalue weighted by atomic mass is 16.5. The Hall–Kier alpha value is -3.28. The van der Waals surface area contributed by atoms with Crippen LogP contribution < -0.4 is 19.7 Å². The smallest absolute Gasteiger partial charge is 0.251 e. The third-order valence-corrected chi connectivity index (χ3v) is 10.3. The first-order chi connectivity index (χ1) is 20.4. The van der Waals surface area contributed by atoms with Gasteiger partial charge < -0.3 is 24.8 Å². The maximum atomic E-state index is 13.4. The fourth-order valence-electron chi connectivity index (χ4n) is 8.47. The number of carbonyl (C=O) groups is 1. The van der Waals surface area contributed by atoms with Gasteiger partial charge in [0.2, 0.25) is 0 Å². The summed E-state index contributed by atoms with van der Waals surface area (Å²) in [6.07, 6.45) is 1.45. The summed E-state index contributed by atoms with van der Waals surface area (Å²) in [5.41, 5.74) is 1.63. The summed E-state index contributed by atoms with van der Waals surface area (Å²) in [5, 5.41) is 22.5. The second-order valence-corrected chi connectivity index (χ2v) is 14.2. The molecule has 43 heavy (non-hydrogen) atoms. The summed E-state index contributed by atoms with van der Waals surface area (Å²) in [6.45, 7) is 17.1. The molecule has 1 aliphatic carbocycles. The number of methoxy groups -OCH3 is 1. The number of hydrogen-bond donors (Lipinski definition) is 2. The largest absolute Gasteiger partial charge is 0.495 e. The number of likely N-dealkylation sites (tertiary alicyclic amines) is 1. The number of amides is 1. The molecule has 3 fully saturated rings. The lowest BCUT2D eigenvalue weighted by Crippen LogP contribution is -2.74. The molecule has 3 atom stereocenters. The molecule has 2 saturated heterocycles. The first-order valence-electron chi connectivity index (χ1n) is 15.7. The van der Waals surface area contributed by atoms with Gasteiger partial charge in [0.1, 0.15) is 23.7 Å². The average Bonchev–Trinajstić information content (AvgIpc) is 2.98. The van der Waals surface area contributed by atoms with Gasteiger partial charge in [-0.1, -0.05) is 41.5 Å². The van der Waals surface area contributed by atoms with Crippen molar-refractivity contribution >= 4 is 11.6 Å². The topological polar surface area (TPSA) is 98.1 Å². The third-order valence-electron chi connectivity index (χ3n) is 10.3. The summed E-state index contributed by atoms with van der Waals surface area (Å²) in [5.74, 6) is 2.09. The van der Waals surface area contributed by atoms with E-state index in [1.165, 1.54) is 0 Å². The Labute approximate surface area is 257 Å². The molecule has 0 aromatic heterocycles. The van der Waals surface area contributed by atoms with Crippen molar-refractivity contribution in [2.24, 2.45) is 22.7 Å². The van der Waals surface area contributed by atoms with Crippen LogP contribution in [0.15, 0.2) is 42.5 Å². The van der Waals surface area contributed by atoms with Gasteiger partial charge in [0.25, 0.3) is 5.91 Å². The van der Waals surface area contributed by atoms with E-state index < -0.39 is 0 Å².